The first kappa shape index (κ1) is 18.7. The van der Waals surface area contributed by atoms with E-state index >= 15 is 0 Å². The first-order valence-electron chi connectivity index (χ1n) is 8.22. The molecule has 0 saturated carbocycles. The number of aryl methyl sites for hydroxylation is 1. The van der Waals surface area contributed by atoms with E-state index in [4.69, 9.17) is 4.42 Å². The average Bonchev–Trinajstić information content (AvgIpc) is 3.14. The van der Waals surface area contributed by atoms with Crippen LogP contribution in [-0.2, 0) is 4.79 Å². The fourth-order valence-corrected chi connectivity index (χ4v) is 2.90. The summed E-state index contributed by atoms with van der Waals surface area (Å²) in [7, 11) is 0. The van der Waals surface area contributed by atoms with Gasteiger partial charge in [-0.05, 0) is 64.8 Å². The van der Waals surface area contributed by atoms with Crippen molar-refractivity contribution in [1.82, 2.24) is 5.32 Å². The van der Waals surface area contributed by atoms with Gasteiger partial charge in [-0.15, -0.1) is 0 Å². The van der Waals surface area contributed by atoms with Crippen LogP contribution in [-0.4, -0.2) is 11.8 Å². The molecule has 0 unspecified atom stereocenters. The Hall–Kier alpha value is -3.12. The Morgan fingerprint density at radius 3 is 2.56 bits per heavy atom. The number of carbonyl (C=O) groups is 2. The first-order chi connectivity index (χ1) is 13.0. The molecule has 1 heterocycles. The Balaban J connectivity index is 1.86. The zero-order valence-electron chi connectivity index (χ0n) is 14.5. The quantitative estimate of drug-likeness (QED) is 0.579. The number of amides is 2. The number of hydrogen-bond acceptors (Lipinski definition) is 3. The van der Waals surface area contributed by atoms with E-state index in [1.165, 1.54) is 12.3 Å². The van der Waals surface area contributed by atoms with Crippen LogP contribution in [0.25, 0.3) is 6.08 Å². The third-order valence-corrected chi connectivity index (χ3v) is 4.41. The molecule has 0 bridgehead atoms. The Bertz CT molecular complexity index is 994. The van der Waals surface area contributed by atoms with Crippen LogP contribution in [0.5, 0.6) is 0 Å². The predicted molar refractivity (Wildman–Crippen MR) is 108 cm³/mol. The molecule has 2 aromatic carbocycles. The van der Waals surface area contributed by atoms with Crippen LogP contribution >= 0.6 is 15.9 Å². The second-order valence-electron chi connectivity index (χ2n) is 5.83. The minimum atomic E-state index is -0.447. The van der Waals surface area contributed by atoms with Crippen molar-refractivity contribution in [2.75, 3.05) is 5.32 Å². The lowest BCUT2D eigenvalue weighted by atomic mass is 10.2. The standard InChI is InChI=1S/C21H17BrN2O3/c1-14-6-4-7-15(12-14)23-21(26)19(13-16-8-5-11-27-16)24-20(25)17-9-2-3-10-18(17)22/h2-13H,1H3,(H,23,26)(H,24,25). The fraction of sp³-hybridized carbons (Fsp3) is 0.0476. The zero-order valence-corrected chi connectivity index (χ0v) is 16.1. The van der Waals surface area contributed by atoms with Gasteiger partial charge in [-0.1, -0.05) is 24.3 Å². The molecule has 0 spiro atoms. The van der Waals surface area contributed by atoms with E-state index in [2.05, 4.69) is 26.6 Å². The Labute approximate surface area is 165 Å². The number of anilines is 1. The van der Waals surface area contributed by atoms with Crippen LogP contribution in [0.4, 0.5) is 5.69 Å². The lowest BCUT2D eigenvalue weighted by Gasteiger charge is -2.12. The fourth-order valence-electron chi connectivity index (χ4n) is 2.43. The molecule has 0 aliphatic heterocycles. The molecule has 1 aromatic heterocycles. The van der Waals surface area contributed by atoms with Gasteiger partial charge in [0.05, 0.1) is 11.8 Å². The Morgan fingerprint density at radius 2 is 1.85 bits per heavy atom. The van der Waals surface area contributed by atoms with Crippen LogP contribution in [0.15, 0.2) is 81.5 Å². The van der Waals surface area contributed by atoms with Gasteiger partial charge in [0.1, 0.15) is 11.5 Å². The monoisotopic (exact) mass is 424 g/mol. The van der Waals surface area contributed by atoms with Crippen molar-refractivity contribution in [3.8, 4) is 0 Å². The molecule has 5 nitrogen and oxygen atoms in total. The maximum atomic E-state index is 12.8. The highest BCUT2D eigenvalue weighted by molar-refractivity contribution is 9.10. The topological polar surface area (TPSA) is 71.3 Å². The van der Waals surface area contributed by atoms with Gasteiger partial charge in [-0.25, -0.2) is 0 Å². The largest absolute Gasteiger partial charge is 0.465 e. The van der Waals surface area contributed by atoms with Gasteiger partial charge in [0.25, 0.3) is 11.8 Å². The van der Waals surface area contributed by atoms with Crippen molar-refractivity contribution < 1.29 is 14.0 Å². The maximum absolute atomic E-state index is 12.8. The second-order valence-corrected chi connectivity index (χ2v) is 6.69. The predicted octanol–water partition coefficient (Wildman–Crippen LogP) is 4.76. The minimum Gasteiger partial charge on any atom is -0.465 e. The molecule has 2 amide bonds. The van der Waals surface area contributed by atoms with Gasteiger partial charge in [0.2, 0.25) is 0 Å². The zero-order chi connectivity index (χ0) is 19.2. The third-order valence-electron chi connectivity index (χ3n) is 3.72. The lowest BCUT2D eigenvalue weighted by Crippen LogP contribution is -2.31. The van der Waals surface area contributed by atoms with Crippen molar-refractivity contribution in [1.29, 1.82) is 0 Å². The van der Waals surface area contributed by atoms with Gasteiger partial charge in [0.15, 0.2) is 0 Å². The highest BCUT2D eigenvalue weighted by Gasteiger charge is 2.17. The van der Waals surface area contributed by atoms with E-state index in [0.717, 1.165) is 5.56 Å². The van der Waals surface area contributed by atoms with Crippen molar-refractivity contribution in [2.24, 2.45) is 0 Å². The SMILES string of the molecule is Cc1cccc(NC(=O)C(=Cc2ccco2)NC(=O)c2ccccc2Br)c1. The van der Waals surface area contributed by atoms with Crippen molar-refractivity contribution in [3.63, 3.8) is 0 Å². The number of halogens is 1. The van der Waals surface area contributed by atoms with Crippen LogP contribution in [0, 0.1) is 6.92 Å². The van der Waals surface area contributed by atoms with Crippen molar-refractivity contribution >= 4 is 39.5 Å². The summed E-state index contributed by atoms with van der Waals surface area (Å²) in [5, 5.41) is 5.46. The van der Waals surface area contributed by atoms with Gasteiger partial charge < -0.3 is 15.1 Å². The Kier molecular flexibility index (Phi) is 5.88. The summed E-state index contributed by atoms with van der Waals surface area (Å²) >= 11 is 3.35. The molecule has 0 atom stereocenters. The van der Waals surface area contributed by atoms with Gasteiger partial charge in [-0.3, -0.25) is 9.59 Å². The van der Waals surface area contributed by atoms with Crippen LogP contribution in [0.2, 0.25) is 0 Å². The number of hydrogen-bond donors (Lipinski definition) is 2. The molecule has 0 radical (unpaired) electrons. The maximum Gasteiger partial charge on any atom is 0.272 e. The van der Waals surface area contributed by atoms with E-state index < -0.39 is 11.8 Å². The summed E-state index contributed by atoms with van der Waals surface area (Å²) in [6.07, 6.45) is 2.98. The highest BCUT2D eigenvalue weighted by atomic mass is 79.9. The minimum absolute atomic E-state index is 0.0761. The van der Waals surface area contributed by atoms with Crippen LogP contribution in [0.3, 0.4) is 0 Å². The number of furan rings is 1. The summed E-state index contributed by atoms with van der Waals surface area (Å²) in [6, 6.07) is 17.8. The number of carbonyl (C=O) groups excluding carboxylic acids is 2. The summed E-state index contributed by atoms with van der Waals surface area (Å²) in [6.45, 7) is 1.93. The van der Waals surface area contributed by atoms with Gasteiger partial charge in [-0.2, -0.15) is 0 Å². The van der Waals surface area contributed by atoms with Gasteiger partial charge in [0, 0.05) is 16.2 Å². The number of nitrogens with one attached hydrogen (secondary N) is 2. The van der Waals surface area contributed by atoms with E-state index in [1.54, 1.807) is 36.4 Å². The third kappa shape index (κ3) is 4.95. The highest BCUT2D eigenvalue weighted by Crippen LogP contribution is 2.17. The molecule has 6 heteroatoms. The molecule has 27 heavy (non-hydrogen) atoms. The van der Waals surface area contributed by atoms with E-state index in [9.17, 15) is 9.59 Å². The van der Waals surface area contributed by atoms with Crippen LogP contribution in [0.1, 0.15) is 21.7 Å². The van der Waals surface area contributed by atoms with Gasteiger partial charge >= 0.3 is 0 Å². The van der Waals surface area contributed by atoms with E-state index in [-0.39, 0.29) is 5.70 Å². The number of benzene rings is 2. The normalized spacial score (nSPS) is 11.1. The molecule has 136 valence electrons. The first-order valence-corrected chi connectivity index (χ1v) is 9.01. The molecule has 0 saturated heterocycles. The number of rotatable bonds is 5. The lowest BCUT2D eigenvalue weighted by molar-refractivity contribution is -0.113. The average molecular weight is 425 g/mol. The summed E-state index contributed by atoms with van der Waals surface area (Å²) in [4.78, 5) is 25.4. The summed E-state index contributed by atoms with van der Waals surface area (Å²) in [5.74, 6) is -0.395. The molecule has 3 rings (SSSR count). The van der Waals surface area contributed by atoms with E-state index in [1.807, 2.05) is 31.2 Å². The van der Waals surface area contributed by atoms with Crippen molar-refractivity contribution in [2.45, 2.75) is 6.92 Å². The molecule has 2 N–H and O–H groups in total. The summed E-state index contributed by atoms with van der Waals surface area (Å²) in [5.41, 5.74) is 2.15. The van der Waals surface area contributed by atoms with E-state index in [0.29, 0.717) is 21.5 Å². The molecule has 0 aliphatic rings. The molecular formula is C21H17BrN2O3. The molecule has 0 aliphatic carbocycles. The molecule has 0 fully saturated rings. The second kappa shape index (κ2) is 8.51. The molecule has 3 aromatic rings. The summed E-state index contributed by atoms with van der Waals surface area (Å²) < 4.78 is 5.92. The van der Waals surface area contributed by atoms with Crippen molar-refractivity contribution in [3.05, 3.63) is 94.0 Å². The Morgan fingerprint density at radius 1 is 1.04 bits per heavy atom. The smallest absolute Gasteiger partial charge is 0.272 e. The van der Waals surface area contributed by atoms with Crippen LogP contribution < -0.4 is 10.6 Å². The molecular weight excluding hydrogens is 408 g/mol.